The molecule has 3 aromatic carbocycles. The minimum absolute atomic E-state index is 0.154. The molecule has 1 atom stereocenters. The average molecular weight is 383 g/mol. The van der Waals surface area contributed by atoms with Crippen LogP contribution in [-0.2, 0) is 11.3 Å². The molecule has 1 aromatic heterocycles. The van der Waals surface area contributed by atoms with Crippen LogP contribution in [0.3, 0.4) is 0 Å². The summed E-state index contributed by atoms with van der Waals surface area (Å²) in [6, 6.07) is 25.1. The second-order valence-corrected chi connectivity index (χ2v) is 6.73. The van der Waals surface area contributed by atoms with E-state index in [1.54, 1.807) is 13.1 Å². The monoisotopic (exact) mass is 383 g/mol. The van der Waals surface area contributed by atoms with E-state index in [1.807, 2.05) is 78.9 Å². The van der Waals surface area contributed by atoms with E-state index < -0.39 is 6.10 Å². The van der Waals surface area contributed by atoms with Crippen molar-refractivity contribution in [2.75, 3.05) is 0 Å². The number of fused-ring (bicyclic) bond motifs is 1. The highest BCUT2D eigenvalue weighted by Crippen LogP contribution is 2.22. The SMILES string of the molecule is CC(Oc1ccc(-c2cnc3ccccc3n2)cc1)C(=O)NCc1ccccc1. The number of rotatable bonds is 6. The van der Waals surface area contributed by atoms with E-state index in [1.165, 1.54) is 0 Å². The van der Waals surface area contributed by atoms with E-state index in [-0.39, 0.29) is 5.91 Å². The van der Waals surface area contributed by atoms with Crippen LogP contribution in [0.1, 0.15) is 12.5 Å². The van der Waals surface area contributed by atoms with Crippen LogP contribution in [0.2, 0.25) is 0 Å². The first-order valence-electron chi connectivity index (χ1n) is 9.49. The van der Waals surface area contributed by atoms with Crippen LogP contribution in [0.15, 0.2) is 85.1 Å². The van der Waals surface area contributed by atoms with E-state index in [4.69, 9.17) is 4.74 Å². The van der Waals surface area contributed by atoms with Crippen molar-refractivity contribution in [3.63, 3.8) is 0 Å². The van der Waals surface area contributed by atoms with Gasteiger partial charge in [-0.15, -0.1) is 0 Å². The van der Waals surface area contributed by atoms with Crippen molar-refractivity contribution >= 4 is 16.9 Å². The van der Waals surface area contributed by atoms with Crippen LogP contribution in [0, 0.1) is 0 Å². The van der Waals surface area contributed by atoms with Crippen molar-refractivity contribution in [1.82, 2.24) is 15.3 Å². The molecule has 29 heavy (non-hydrogen) atoms. The normalized spacial score (nSPS) is 11.8. The Morgan fingerprint density at radius 1 is 0.931 bits per heavy atom. The van der Waals surface area contributed by atoms with Gasteiger partial charge in [0.2, 0.25) is 0 Å². The van der Waals surface area contributed by atoms with Crippen molar-refractivity contribution in [2.45, 2.75) is 19.6 Å². The lowest BCUT2D eigenvalue weighted by Crippen LogP contribution is -2.35. The zero-order valence-corrected chi connectivity index (χ0v) is 16.1. The highest BCUT2D eigenvalue weighted by molar-refractivity contribution is 5.80. The van der Waals surface area contributed by atoms with E-state index in [9.17, 15) is 4.79 Å². The molecular weight excluding hydrogens is 362 g/mol. The number of nitrogens with zero attached hydrogens (tertiary/aromatic N) is 2. The first-order valence-corrected chi connectivity index (χ1v) is 9.49. The van der Waals surface area contributed by atoms with Crippen molar-refractivity contribution in [2.24, 2.45) is 0 Å². The molecule has 1 heterocycles. The molecule has 5 heteroatoms. The van der Waals surface area contributed by atoms with Crippen LogP contribution in [0.25, 0.3) is 22.3 Å². The summed E-state index contributed by atoms with van der Waals surface area (Å²) in [7, 11) is 0. The Kier molecular flexibility index (Phi) is 5.47. The number of nitrogens with one attached hydrogen (secondary N) is 1. The number of ether oxygens (including phenoxy) is 1. The quantitative estimate of drug-likeness (QED) is 0.537. The van der Waals surface area contributed by atoms with Crippen LogP contribution in [-0.4, -0.2) is 22.0 Å². The Morgan fingerprint density at radius 2 is 1.62 bits per heavy atom. The molecule has 0 fully saturated rings. The third kappa shape index (κ3) is 4.58. The fourth-order valence-corrected chi connectivity index (χ4v) is 2.99. The van der Waals surface area contributed by atoms with Crippen molar-refractivity contribution in [1.29, 1.82) is 0 Å². The number of benzene rings is 3. The standard InChI is InChI=1S/C24H21N3O2/c1-17(24(28)26-15-18-7-3-2-4-8-18)29-20-13-11-19(12-14-20)23-16-25-21-9-5-6-10-22(21)27-23/h2-14,16-17H,15H2,1H3,(H,26,28). The lowest BCUT2D eigenvalue weighted by molar-refractivity contribution is -0.127. The number of amides is 1. The number of aromatic nitrogens is 2. The Balaban J connectivity index is 1.38. The van der Waals surface area contributed by atoms with Crippen molar-refractivity contribution in [3.05, 3.63) is 90.6 Å². The summed E-state index contributed by atoms with van der Waals surface area (Å²) in [6.07, 6.45) is 1.17. The van der Waals surface area contributed by atoms with Gasteiger partial charge in [-0.2, -0.15) is 0 Å². The summed E-state index contributed by atoms with van der Waals surface area (Å²) in [5, 5.41) is 2.89. The summed E-state index contributed by atoms with van der Waals surface area (Å²) >= 11 is 0. The average Bonchev–Trinajstić information content (AvgIpc) is 2.78. The first-order chi connectivity index (χ1) is 14.2. The second-order valence-electron chi connectivity index (χ2n) is 6.73. The number of carbonyl (C=O) groups excluding carboxylic acids is 1. The lowest BCUT2D eigenvalue weighted by atomic mass is 10.1. The number of carbonyl (C=O) groups is 1. The molecule has 5 nitrogen and oxygen atoms in total. The van der Waals surface area contributed by atoms with Gasteiger partial charge >= 0.3 is 0 Å². The van der Waals surface area contributed by atoms with E-state index >= 15 is 0 Å². The minimum atomic E-state index is -0.593. The Morgan fingerprint density at radius 3 is 2.38 bits per heavy atom. The Hall–Kier alpha value is -3.73. The number of hydrogen-bond acceptors (Lipinski definition) is 4. The smallest absolute Gasteiger partial charge is 0.261 e. The Labute approximate surface area is 169 Å². The Bertz CT molecular complexity index is 1110. The lowest BCUT2D eigenvalue weighted by Gasteiger charge is -2.15. The summed E-state index contributed by atoms with van der Waals surface area (Å²) in [6.45, 7) is 2.22. The molecule has 0 bridgehead atoms. The molecule has 0 aliphatic rings. The zero-order valence-electron chi connectivity index (χ0n) is 16.1. The predicted octanol–water partition coefficient (Wildman–Crippen LogP) is 4.38. The summed E-state index contributed by atoms with van der Waals surface area (Å²) in [4.78, 5) is 21.4. The minimum Gasteiger partial charge on any atom is -0.481 e. The second kappa shape index (κ2) is 8.52. The van der Waals surface area contributed by atoms with Crippen molar-refractivity contribution < 1.29 is 9.53 Å². The summed E-state index contributed by atoms with van der Waals surface area (Å²) in [5.74, 6) is 0.475. The molecule has 0 saturated heterocycles. The molecule has 0 saturated carbocycles. The molecule has 1 N–H and O–H groups in total. The maximum absolute atomic E-state index is 12.3. The summed E-state index contributed by atoms with van der Waals surface area (Å²) in [5.41, 5.74) is 4.51. The van der Waals surface area contributed by atoms with Gasteiger partial charge in [-0.3, -0.25) is 9.78 Å². The van der Waals surface area contributed by atoms with Crippen LogP contribution >= 0.6 is 0 Å². The topological polar surface area (TPSA) is 64.1 Å². The largest absolute Gasteiger partial charge is 0.481 e. The number of para-hydroxylation sites is 2. The maximum atomic E-state index is 12.3. The van der Waals surface area contributed by atoms with Crippen LogP contribution < -0.4 is 10.1 Å². The first kappa shape index (κ1) is 18.6. The van der Waals surface area contributed by atoms with Gasteiger partial charge in [-0.25, -0.2) is 4.98 Å². The predicted molar refractivity (Wildman–Crippen MR) is 113 cm³/mol. The van der Waals surface area contributed by atoms with Gasteiger partial charge in [0.1, 0.15) is 5.75 Å². The number of hydrogen-bond donors (Lipinski definition) is 1. The van der Waals surface area contributed by atoms with E-state index in [2.05, 4.69) is 15.3 Å². The summed E-state index contributed by atoms with van der Waals surface area (Å²) < 4.78 is 5.78. The molecule has 1 unspecified atom stereocenters. The molecule has 0 spiro atoms. The van der Waals surface area contributed by atoms with Gasteiger partial charge in [0, 0.05) is 12.1 Å². The van der Waals surface area contributed by atoms with Gasteiger partial charge < -0.3 is 10.1 Å². The molecule has 0 radical (unpaired) electrons. The van der Waals surface area contributed by atoms with Gasteiger partial charge in [-0.1, -0.05) is 42.5 Å². The maximum Gasteiger partial charge on any atom is 0.261 e. The van der Waals surface area contributed by atoms with Crippen LogP contribution in [0.4, 0.5) is 0 Å². The fraction of sp³-hybridized carbons (Fsp3) is 0.125. The van der Waals surface area contributed by atoms with Crippen molar-refractivity contribution in [3.8, 4) is 17.0 Å². The molecule has 0 aliphatic carbocycles. The molecule has 4 rings (SSSR count). The molecule has 144 valence electrons. The fourth-order valence-electron chi connectivity index (χ4n) is 2.99. The van der Waals surface area contributed by atoms with Gasteiger partial charge in [0.05, 0.1) is 22.9 Å². The highest BCUT2D eigenvalue weighted by Gasteiger charge is 2.14. The van der Waals surface area contributed by atoms with Gasteiger partial charge in [0.15, 0.2) is 6.10 Å². The zero-order chi connectivity index (χ0) is 20.1. The molecule has 1 amide bonds. The highest BCUT2D eigenvalue weighted by atomic mass is 16.5. The van der Waals surface area contributed by atoms with Crippen LogP contribution in [0.5, 0.6) is 5.75 Å². The molecule has 4 aromatic rings. The van der Waals surface area contributed by atoms with E-state index in [0.29, 0.717) is 12.3 Å². The molecule has 0 aliphatic heterocycles. The third-order valence-corrected chi connectivity index (χ3v) is 4.59. The van der Waals surface area contributed by atoms with Gasteiger partial charge in [-0.05, 0) is 48.9 Å². The molecular formula is C24H21N3O2. The third-order valence-electron chi connectivity index (χ3n) is 4.59. The van der Waals surface area contributed by atoms with E-state index in [0.717, 1.165) is 27.9 Å². The van der Waals surface area contributed by atoms with Gasteiger partial charge in [0.25, 0.3) is 5.91 Å².